The molecule has 1 N–H and O–H groups in total. The van der Waals surface area contributed by atoms with Crippen molar-refractivity contribution in [3.63, 3.8) is 0 Å². The summed E-state index contributed by atoms with van der Waals surface area (Å²) in [5.41, 5.74) is 1.89. The number of ether oxygens (including phenoxy) is 1. The highest BCUT2D eigenvalue weighted by Crippen LogP contribution is 2.24. The Kier molecular flexibility index (Phi) is 5.28. The van der Waals surface area contributed by atoms with Crippen molar-refractivity contribution >= 4 is 33.2 Å². The summed E-state index contributed by atoms with van der Waals surface area (Å²) in [4.78, 5) is 4.06. The van der Waals surface area contributed by atoms with Gasteiger partial charge in [-0.3, -0.25) is 0 Å². The van der Waals surface area contributed by atoms with Gasteiger partial charge in [-0.05, 0) is 28.1 Å². The summed E-state index contributed by atoms with van der Waals surface area (Å²) in [5.74, 6) is 3.23. The molecule has 0 bridgehead atoms. The highest BCUT2D eigenvalue weighted by Gasteiger charge is 2.04. The molecule has 1 aromatic heterocycles. The number of hydrogen-bond acceptors (Lipinski definition) is 3. The summed E-state index contributed by atoms with van der Waals surface area (Å²) >= 11 is 9.20. The van der Waals surface area contributed by atoms with E-state index < -0.39 is 0 Å². The maximum atomic E-state index is 5.86. The second kappa shape index (κ2) is 7.18. The zero-order valence-electron chi connectivity index (χ0n) is 10.6. The number of nitrogens with zero attached hydrogens (tertiary/aromatic N) is 1. The Morgan fingerprint density at radius 1 is 1.40 bits per heavy atom. The van der Waals surface area contributed by atoms with Gasteiger partial charge in [0.2, 0.25) is 0 Å². The molecular formula is C15H12BrClN2O. The average molecular weight is 352 g/mol. The fourth-order valence-electron chi connectivity index (χ4n) is 1.63. The van der Waals surface area contributed by atoms with E-state index in [2.05, 4.69) is 32.2 Å². The highest BCUT2D eigenvalue weighted by molar-refractivity contribution is 9.10. The minimum Gasteiger partial charge on any atom is -0.481 e. The Hall–Kier alpha value is -1.70. The Morgan fingerprint density at radius 3 is 2.95 bits per heavy atom. The number of aromatic nitrogens is 1. The molecule has 1 heterocycles. The van der Waals surface area contributed by atoms with Crippen LogP contribution in [0.5, 0.6) is 5.75 Å². The molecule has 0 radical (unpaired) electrons. The Labute approximate surface area is 131 Å². The molecule has 2 rings (SSSR count). The molecular weight excluding hydrogens is 340 g/mol. The molecule has 0 saturated carbocycles. The maximum Gasteiger partial charge on any atom is 0.148 e. The van der Waals surface area contributed by atoms with E-state index in [1.807, 2.05) is 30.3 Å². The molecule has 3 nitrogen and oxygen atoms in total. The molecule has 5 heteroatoms. The van der Waals surface area contributed by atoms with E-state index in [0.717, 1.165) is 21.5 Å². The summed E-state index contributed by atoms with van der Waals surface area (Å²) < 4.78 is 6.25. The topological polar surface area (TPSA) is 34.1 Å². The van der Waals surface area contributed by atoms with Gasteiger partial charge in [-0.2, -0.15) is 0 Å². The number of para-hydroxylation sites is 1. The van der Waals surface area contributed by atoms with Crippen LogP contribution in [0.4, 0.5) is 5.69 Å². The van der Waals surface area contributed by atoms with Crippen molar-refractivity contribution in [2.75, 3.05) is 11.9 Å². The summed E-state index contributed by atoms with van der Waals surface area (Å²) in [6, 6.07) is 9.62. The quantitative estimate of drug-likeness (QED) is 0.650. The van der Waals surface area contributed by atoms with Crippen LogP contribution < -0.4 is 10.1 Å². The monoisotopic (exact) mass is 350 g/mol. The number of benzene rings is 1. The average Bonchev–Trinajstić information content (AvgIpc) is 2.47. The van der Waals surface area contributed by atoms with Gasteiger partial charge in [0.15, 0.2) is 0 Å². The molecule has 0 aliphatic rings. The molecule has 1 aromatic carbocycles. The van der Waals surface area contributed by atoms with Crippen LogP contribution in [0.2, 0.25) is 5.15 Å². The number of anilines is 1. The molecule has 0 aliphatic carbocycles. The van der Waals surface area contributed by atoms with Crippen molar-refractivity contribution < 1.29 is 4.74 Å². The van der Waals surface area contributed by atoms with E-state index in [-0.39, 0.29) is 6.61 Å². The lowest BCUT2D eigenvalue weighted by atomic mass is 10.2. The molecule has 20 heavy (non-hydrogen) atoms. The van der Waals surface area contributed by atoms with Crippen LogP contribution in [0.3, 0.4) is 0 Å². The highest BCUT2D eigenvalue weighted by atomic mass is 79.9. The minimum atomic E-state index is 0.255. The molecule has 0 saturated heterocycles. The van der Waals surface area contributed by atoms with Crippen LogP contribution in [0.15, 0.2) is 41.0 Å². The second-order valence-corrected chi connectivity index (χ2v) is 5.16. The van der Waals surface area contributed by atoms with Gasteiger partial charge in [-0.15, -0.1) is 6.42 Å². The van der Waals surface area contributed by atoms with Crippen molar-refractivity contribution in [2.24, 2.45) is 0 Å². The predicted octanol–water partition coefficient (Wildman–Crippen LogP) is 4.12. The number of hydrogen-bond donors (Lipinski definition) is 1. The van der Waals surface area contributed by atoms with Crippen molar-refractivity contribution in [3.05, 3.63) is 51.7 Å². The summed E-state index contributed by atoms with van der Waals surface area (Å²) in [6.45, 7) is 0.863. The second-order valence-electron chi connectivity index (χ2n) is 3.95. The maximum absolute atomic E-state index is 5.86. The molecule has 0 atom stereocenters. The molecule has 0 amide bonds. The largest absolute Gasteiger partial charge is 0.481 e. The Balaban J connectivity index is 2.06. The third-order valence-corrected chi connectivity index (χ3v) is 3.70. The van der Waals surface area contributed by atoms with Crippen molar-refractivity contribution in [2.45, 2.75) is 6.54 Å². The summed E-state index contributed by atoms with van der Waals surface area (Å²) in [5, 5.41) is 3.70. The number of rotatable bonds is 5. The number of halogens is 2. The number of nitrogens with one attached hydrogen (secondary N) is 1. The van der Waals surface area contributed by atoms with Crippen LogP contribution in [0, 0.1) is 12.3 Å². The lowest BCUT2D eigenvalue weighted by Crippen LogP contribution is -2.04. The third-order valence-electron chi connectivity index (χ3n) is 2.56. The lowest BCUT2D eigenvalue weighted by Gasteiger charge is -2.11. The standard InChI is InChI=1S/C15H12BrClN2O/c1-2-7-20-14-6-4-3-5-11(14)9-18-12-8-13(16)15(17)19-10-12/h1,3-6,8,10,18H,7,9H2. The normalized spacial score (nSPS) is 9.85. The first-order valence-corrected chi connectivity index (χ1v) is 7.07. The smallest absolute Gasteiger partial charge is 0.148 e. The minimum absolute atomic E-state index is 0.255. The van der Waals surface area contributed by atoms with E-state index in [9.17, 15) is 0 Å². The Bertz CT molecular complexity index is 640. The van der Waals surface area contributed by atoms with Gasteiger partial charge < -0.3 is 10.1 Å². The Morgan fingerprint density at radius 2 is 2.20 bits per heavy atom. The third kappa shape index (κ3) is 3.89. The SMILES string of the molecule is C#CCOc1ccccc1CNc1cnc(Cl)c(Br)c1. The molecule has 2 aromatic rings. The fraction of sp³-hybridized carbons (Fsp3) is 0.133. The first-order chi connectivity index (χ1) is 9.70. The fourth-order valence-corrected chi connectivity index (χ4v) is 2.08. The van der Waals surface area contributed by atoms with Gasteiger partial charge in [-0.25, -0.2) is 4.98 Å². The first-order valence-electron chi connectivity index (χ1n) is 5.90. The molecule has 0 aliphatic heterocycles. The van der Waals surface area contributed by atoms with E-state index >= 15 is 0 Å². The van der Waals surface area contributed by atoms with E-state index in [1.54, 1.807) is 6.20 Å². The van der Waals surface area contributed by atoms with Gasteiger partial charge >= 0.3 is 0 Å². The van der Waals surface area contributed by atoms with Crippen LogP contribution in [0.1, 0.15) is 5.56 Å². The van der Waals surface area contributed by atoms with Crippen molar-refractivity contribution in [1.29, 1.82) is 0 Å². The lowest BCUT2D eigenvalue weighted by molar-refractivity contribution is 0.366. The molecule has 0 unspecified atom stereocenters. The van der Waals surface area contributed by atoms with Gasteiger partial charge in [-0.1, -0.05) is 35.7 Å². The first kappa shape index (κ1) is 14.7. The van der Waals surface area contributed by atoms with Crippen LogP contribution >= 0.6 is 27.5 Å². The predicted molar refractivity (Wildman–Crippen MR) is 85.0 cm³/mol. The van der Waals surface area contributed by atoms with Gasteiger partial charge in [0.1, 0.15) is 17.5 Å². The molecule has 102 valence electrons. The van der Waals surface area contributed by atoms with Crippen LogP contribution in [-0.4, -0.2) is 11.6 Å². The molecule has 0 fully saturated rings. The van der Waals surface area contributed by atoms with Crippen LogP contribution in [-0.2, 0) is 6.54 Å². The summed E-state index contributed by atoms with van der Waals surface area (Å²) in [6.07, 6.45) is 6.88. The summed E-state index contributed by atoms with van der Waals surface area (Å²) in [7, 11) is 0. The molecule has 0 spiro atoms. The van der Waals surface area contributed by atoms with Crippen molar-refractivity contribution in [1.82, 2.24) is 4.98 Å². The van der Waals surface area contributed by atoms with E-state index in [0.29, 0.717) is 11.7 Å². The van der Waals surface area contributed by atoms with Gasteiger partial charge in [0.25, 0.3) is 0 Å². The number of terminal acetylenes is 1. The van der Waals surface area contributed by atoms with Crippen molar-refractivity contribution in [3.8, 4) is 18.1 Å². The van der Waals surface area contributed by atoms with Crippen LogP contribution in [0.25, 0.3) is 0 Å². The van der Waals surface area contributed by atoms with E-state index in [1.165, 1.54) is 0 Å². The van der Waals surface area contributed by atoms with E-state index in [4.69, 9.17) is 22.8 Å². The zero-order valence-corrected chi connectivity index (χ0v) is 12.9. The van der Waals surface area contributed by atoms with Gasteiger partial charge in [0, 0.05) is 12.1 Å². The van der Waals surface area contributed by atoms with Gasteiger partial charge in [0.05, 0.1) is 16.4 Å². The zero-order chi connectivity index (χ0) is 14.4. The number of pyridine rings is 1.